The van der Waals surface area contributed by atoms with Crippen LogP contribution in [0.2, 0.25) is 0 Å². The predicted octanol–water partition coefficient (Wildman–Crippen LogP) is 0.393. The van der Waals surface area contributed by atoms with Gasteiger partial charge in [0.1, 0.15) is 0 Å². The molecule has 1 aromatic heterocycles. The molecule has 14 heavy (non-hydrogen) atoms. The zero-order valence-electron chi connectivity index (χ0n) is 8.35. The second-order valence-corrected chi connectivity index (χ2v) is 2.97. The molecule has 1 heterocycles. The van der Waals surface area contributed by atoms with Gasteiger partial charge in [-0.1, -0.05) is 0 Å². The number of rotatable bonds is 5. The summed E-state index contributed by atoms with van der Waals surface area (Å²) in [5.74, 6) is 0. The van der Waals surface area contributed by atoms with Crippen molar-refractivity contribution < 1.29 is 10.2 Å². The molecule has 0 amide bonds. The number of hydrogen-bond acceptors (Lipinski definition) is 4. The van der Waals surface area contributed by atoms with Crippen LogP contribution in [0.1, 0.15) is 12.5 Å². The minimum Gasteiger partial charge on any atom is -0.395 e. The third-order valence-corrected chi connectivity index (χ3v) is 2.15. The number of aromatic nitrogens is 1. The molecule has 2 N–H and O–H groups in total. The van der Waals surface area contributed by atoms with E-state index in [1.165, 1.54) is 0 Å². The normalized spacial score (nSPS) is 10.2. The maximum Gasteiger partial charge on any atom is 0.0703 e. The van der Waals surface area contributed by atoms with E-state index >= 15 is 0 Å². The Morgan fingerprint density at radius 2 is 2.21 bits per heavy atom. The Labute approximate surface area is 83.8 Å². The molecule has 4 heteroatoms. The van der Waals surface area contributed by atoms with Crippen LogP contribution in [0, 0.1) is 0 Å². The first kappa shape index (κ1) is 10.9. The van der Waals surface area contributed by atoms with Crippen LogP contribution in [0.4, 0.5) is 5.69 Å². The van der Waals surface area contributed by atoms with E-state index in [4.69, 9.17) is 10.2 Å². The number of hydrogen-bond donors (Lipinski definition) is 2. The van der Waals surface area contributed by atoms with E-state index in [-0.39, 0.29) is 13.2 Å². The van der Waals surface area contributed by atoms with Crippen LogP contribution >= 0.6 is 0 Å². The SMILES string of the molecule is CCN(CCO)c1cnccc1CO. The van der Waals surface area contributed by atoms with E-state index in [2.05, 4.69) is 4.98 Å². The lowest BCUT2D eigenvalue weighted by Gasteiger charge is -2.23. The van der Waals surface area contributed by atoms with E-state index in [1.807, 2.05) is 11.8 Å². The van der Waals surface area contributed by atoms with E-state index in [0.717, 1.165) is 17.8 Å². The molecule has 4 nitrogen and oxygen atoms in total. The Kier molecular flexibility index (Phi) is 4.35. The highest BCUT2D eigenvalue weighted by atomic mass is 16.3. The Morgan fingerprint density at radius 1 is 1.43 bits per heavy atom. The second-order valence-electron chi connectivity index (χ2n) is 2.97. The molecule has 0 aliphatic rings. The molecule has 0 unspecified atom stereocenters. The van der Waals surface area contributed by atoms with Gasteiger partial charge in [0.25, 0.3) is 0 Å². The van der Waals surface area contributed by atoms with Crippen molar-refractivity contribution in [3.05, 3.63) is 24.0 Å². The lowest BCUT2D eigenvalue weighted by molar-refractivity contribution is 0.280. The van der Waals surface area contributed by atoms with Crippen molar-refractivity contribution in [1.82, 2.24) is 4.98 Å². The van der Waals surface area contributed by atoms with Gasteiger partial charge < -0.3 is 15.1 Å². The van der Waals surface area contributed by atoms with Gasteiger partial charge in [-0.15, -0.1) is 0 Å². The number of aliphatic hydroxyl groups excluding tert-OH is 2. The lowest BCUT2D eigenvalue weighted by Crippen LogP contribution is -2.27. The van der Waals surface area contributed by atoms with Crippen LogP contribution in [0.25, 0.3) is 0 Å². The molecule has 0 bridgehead atoms. The number of anilines is 1. The summed E-state index contributed by atoms with van der Waals surface area (Å²) < 4.78 is 0. The summed E-state index contributed by atoms with van der Waals surface area (Å²) in [7, 11) is 0. The van der Waals surface area contributed by atoms with Crippen molar-refractivity contribution in [1.29, 1.82) is 0 Å². The van der Waals surface area contributed by atoms with Crippen molar-refractivity contribution in [2.45, 2.75) is 13.5 Å². The van der Waals surface area contributed by atoms with Gasteiger partial charge in [-0.3, -0.25) is 4.98 Å². The van der Waals surface area contributed by atoms with Gasteiger partial charge in [-0.05, 0) is 13.0 Å². The number of nitrogens with zero attached hydrogens (tertiary/aromatic N) is 2. The standard InChI is InChI=1S/C10H16N2O2/c1-2-12(5-6-13)10-7-11-4-3-9(10)8-14/h3-4,7,13-14H,2,5-6,8H2,1H3. The first-order chi connectivity index (χ1) is 6.83. The topological polar surface area (TPSA) is 56.6 Å². The zero-order valence-corrected chi connectivity index (χ0v) is 8.35. The highest BCUT2D eigenvalue weighted by Crippen LogP contribution is 2.18. The Morgan fingerprint density at radius 3 is 2.79 bits per heavy atom. The van der Waals surface area contributed by atoms with Crippen LogP contribution in [0.15, 0.2) is 18.5 Å². The molecule has 0 saturated carbocycles. The van der Waals surface area contributed by atoms with Crippen LogP contribution in [0.3, 0.4) is 0 Å². The van der Waals surface area contributed by atoms with Gasteiger partial charge in [0, 0.05) is 24.8 Å². The molecule has 0 aromatic carbocycles. The summed E-state index contributed by atoms with van der Waals surface area (Å²) in [6.07, 6.45) is 3.37. The predicted molar refractivity (Wildman–Crippen MR) is 55.1 cm³/mol. The lowest BCUT2D eigenvalue weighted by atomic mass is 10.2. The summed E-state index contributed by atoms with van der Waals surface area (Å²) in [6.45, 7) is 3.46. The third-order valence-electron chi connectivity index (χ3n) is 2.15. The number of pyridine rings is 1. The molecule has 0 saturated heterocycles. The fourth-order valence-corrected chi connectivity index (χ4v) is 1.40. The average molecular weight is 196 g/mol. The minimum atomic E-state index is -0.000216. The van der Waals surface area contributed by atoms with Gasteiger partial charge >= 0.3 is 0 Å². The minimum absolute atomic E-state index is 0.000216. The highest BCUT2D eigenvalue weighted by Gasteiger charge is 2.07. The average Bonchev–Trinajstić information content (AvgIpc) is 2.26. The van der Waals surface area contributed by atoms with E-state index < -0.39 is 0 Å². The number of aliphatic hydroxyl groups is 2. The molecule has 0 atom stereocenters. The van der Waals surface area contributed by atoms with E-state index in [0.29, 0.717) is 6.54 Å². The van der Waals surface area contributed by atoms with E-state index in [9.17, 15) is 0 Å². The molecular formula is C10H16N2O2. The zero-order chi connectivity index (χ0) is 10.4. The van der Waals surface area contributed by atoms with Crippen molar-refractivity contribution in [2.75, 3.05) is 24.6 Å². The van der Waals surface area contributed by atoms with Crippen LogP contribution in [0.5, 0.6) is 0 Å². The summed E-state index contributed by atoms with van der Waals surface area (Å²) >= 11 is 0. The summed E-state index contributed by atoms with van der Waals surface area (Å²) in [6, 6.07) is 1.79. The monoisotopic (exact) mass is 196 g/mol. The summed E-state index contributed by atoms with van der Waals surface area (Å²) in [4.78, 5) is 5.99. The Hall–Kier alpha value is -1.13. The van der Waals surface area contributed by atoms with Crippen LogP contribution < -0.4 is 4.90 Å². The maximum absolute atomic E-state index is 9.11. The van der Waals surface area contributed by atoms with Gasteiger partial charge in [-0.25, -0.2) is 0 Å². The largest absolute Gasteiger partial charge is 0.395 e. The van der Waals surface area contributed by atoms with Crippen molar-refractivity contribution >= 4 is 5.69 Å². The molecule has 0 radical (unpaired) electrons. The van der Waals surface area contributed by atoms with E-state index in [1.54, 1.807) is 18.5 Å². The van der Waals surface area contributed by atoms with Gasteiger partial charge in [-0.2, -0.15) is 0 Å². The Bertz CT molecular complexity index is 279. The van der Waals surface area contributed by atoms with Crippen LogP contribution in [-0.2, 0) is 6.61 Å². The first-order valence-corrected chi connectivity index (χ1v) is 4.73. The second kappa shape index (κ2) is 5.57. The first-order valence-electron chi connectivity index (χ1n) is 4.73. The number of likely N-dealkylation sites (N-methyl/N-ethyl adjacent to an activating group) is 1. The van der Waals surface area contributed by atoms with Crippen molar-refractivity contribution in [3.63, 3.8) is 0 Å². The van der Waals surface area contributed by atoms with Crippen molar-refractivity contribution in [2.24, 2.45) is 0 Å². The molecule has 78 valence electrons. The molecule has 0 fully saturated rings. The van der Waals surface area contributed by atoms with Crippen LogP contribution in [-0.4, -0.2) is 34.9 Å². The molecule has 0 aliphatic carbocycles. The molecule has 0 spiro atoms. The summed E-state index contributed by atoms with van der Waals surface area (Å²) in [5.41, 5.74) is 1.74. The molecule has 1 aromatic rings. The molecular weight excluding hydrogens is 180 g/mol. The highest BCUT2D eigenvalue weighted by molar-refractivity contribution is 5.51. The maximum atomic E-state index is 9.11. The smallest absolute Gasteiger partial charge is 0.0703 e. The quantitative estimate of drug-likeness (QED) is 0.715. The van der Waals surface area contributed by atoms with Gasteiger partial charge in [0.15, 0.2) is 0 Å². The fourth-order valence-electron chi connectivity index (χ4n) is 1.40. The van der Waals surface area contributed by atoms with Gasteiger partial charge in [0.05, 0.1) is 25.1 Å². The fraction of sp³-hybridized carbons (Fsp3) is 0.500. The third kappa shape index (κ3) is 2.43. The Balaban J connectivity index is 2.90. The molecule has 1 rings (SSSR count). The summed E-state index contributed by atoms with van der Waals surface area (Å²) in [5, 5.41) is 18.0. The molecule has 0 aliphatic heterocycles. The van der Waals surface area contributed by atoms with Crippen molar-refractivity contribution in [3.8, 4) is 0 Å². The van der Waals surface area contributed by atoms with Gasteiger partial charge in [0.2, 0.25) is 0 Å².